The monoisotopic (exact) mass is 603 g/mol. The molecule has 3 aromatic rings. The molecule has 0 unspecified atom stereocenters. The average Bonchev–Trinajstić information content (AvgIpc) is 2.85. The number of aryl methyl sites for hydroxylation is 1. The van der Waals surface area contributed by atoms with E-state index in [2.05, 4.69) is 5.32 Å². The van der Waals surface area contributed by atoms with Crippen molar-refractivity contribution >= 4 is 50.7 Å². The molecular weight excluding hydrogens is 569 g/mol. The van der Waals surface area contributed by atoms with Crippen LogP contribution in [-0.4, -0.2) is 49.5 Å². The van der Waals surface area contributed by atoms with Crippen LogP contribution in [0.2, 0.25) is 10.0 Å². The van der Waals surface area contributed by atoms with Crippen LogP contribution in [0.25, 0.3) is 0 Å². The summed E-state index contributed by atoms with van der Waals surface area (Å²) in [6.45, 7) is 7.10. The first-order chi connectivity index (χ1) is 18.6. The number of hydrogen-bond acceptors (Lipinski definition) is 4. The molecule has 0 heterocycles. The van der Waals surface area contributed by atoms with Crippen LogP contribution < -0.4 is 9.62 Å². The number of nitrogens with zero attached hydrogens (tertiary/aromatic N) is 2. The summed E-state index contributed by atoms with van der Waals surface area (Å²) in [7, 11) is -3.94. The Bertz CT molecular complexity index is 1440. The Morgan fingerprint density at radius 3 is 2.10 bits per heavy atom. The van der Waals surface area contributed by atoms with Gasteiger partial charge in [0.05, 0.1) is 17.0 Å². The van der Waals surface area contributed by atoms with E-state index in [0.717, 1.165) is 27.3 Å². The van der Waals surface area contributed by atoms with Gasteiger partial charge in [-0.25, -0.2) is 8.42 Å². The van der Waals surface area contributed by atoms with E-state index in [0.29, 0.717) is 5.02 Å². The van der Waals surface area contributed by atoms with Gasteiger partial charge in [-0.05, 0) is 57.0 Å². The van der Waals surface area contributed by atoms with Crippen LogP contribution in [0.5, 0.6) is 0 Å². The van der Waals surface area contributed by atoms with E-state index in [1.54, 1.807) is 0 Å². The zero-order chi connectivity index (χ0) is 29.7. The molecule has 0 aliphatic heterocycles. The topological polar surface area (TPSA) is 86.8 Å². The SMILES string of the molecule is Cc1ccc(CN(C(=O)CN(c2ccc(Cl)cc2Cl)S(C)(=O)=O)[C@H](Cc2ccccc2)C(=O)NC(C)(C)C)cc1. The fraction of sp³-hybridized carbons (Fsp3) is 0.333. The highest BCUT2D eigenvalue weighted by atomic mass is 35.5. The Morgan fingerprint density at radius 2 is 1.55 bits per heavy atom. The number of rotatable bonds is 10. The molecule has 0 aromatic heterocycles. The van der Waals surface area contributed by atoms with Crippen LogP contribution in [0.3, 0.4) is 0 Å². The van der Waals surface area contributed by atoms with Crippen LogP contribution in [0.4, 0.5) is 5.69 Å². The summed E-state index contributed by atoms with van der Waals surface area (Å²) in [4.78, 5) is 29.3. The highest BCUT2D eigenvalue weighted by Crippen LogP contribution is 2.30. The first-order valence-corrected chi connectivity index (χ1v) is 15.4. The maximum absolute atomic E-state index is 14.1. The van der Waals surface area contributed by atoms with E-state index >= 15 is 0 Å². The molecule has 2 amide bonds. The van der Waals surface area contributed by atoms with Crippen molar-refractivity contribution in [3.05, 3.63) is 99.5 Å². The van der Waals surface area contributed by atoms with Gasteiger partial charge >= 0.3 is 0 Å². The molecule has 40 heavy (non-hydrogen) atoms. The van der Waals surface area contributed by atoms with Gasteiger partial charge in [-0.2, -0.15) is 0 Å². The van der Waals surface area contributed by atoms with Crippen molar-refractivity contribution < 1.29 is 18.0 Å². The molecule has 0 bridgehead atoms. The van der Waals surface area contributed by atoms with Crippen molar-refractivity contribution in [1.82, 2.24) is 10.2 Å². The standard InChI is InChI=1S/C30H35Cl2N3O4S/c1-21-11-13-23(14-12-21)19-34(27(29(37)33-30(2,3)4)17-22-9-7-6-8-10-22)28(36)20-35(40(5,38)39)26-16-15-24(31)18-25(26)32/h6-16,18,27H,17,19-20H2,1-5H3,(H,33,37)/t27-/m1/s1. The lowest BCUT2D eigenvalue weighted by Gasteiger charge is -2.35. The fourth-order valence-corrected chi connectivity index (χ4v) is 5.60. The number of amides is 2. The summed E-state index contributed by atoms with van der Waals surface area (Å²) in [5, 5.41) is 3.42. The van der Waals surface area contributed by atoms with Crippen molar-refractivity contribution in [2.75, 3.05) is 17.1 Å². The van der Waals surface area contributed by atoms with Gasteiger partial charge in [-0.15, -0.1) is 0 Å². The summed E-state index contributed by atoms with van der Waals surface area (Å²) >= 11 is 12.4. The first kappa shape index (κ1) is 31.5. The second-order valence-electron chi connectivity index (χ2n) is 10.8. The molecule has 7 nitrogen and oxygen atoms in total. The van der Waals surface area contributed by atoms with Crippen LogP contribution in [0, 0.1) is 6.92 Å². The molecule has 1 N–H and O–H groups in total. The summed E-state index contributed by atoms with van der Waals surface area (Å²) in [5.74, 6) is -0.894. The number of anilines is 1. The number of carbonyl (C=O) groups is 2. The Labute approximate surface area is 247 Å². The van der Waals surface area contributed by atoms with Gasteiger partial charge in [-0.1, -0.05) is 83.4 Å². The molecule has 0 aliphatic carbocycles. The van der Waals surface area contributed by atoms with Gasteiger partial charge < -0.3 is 10.2 Å². The summed E-state index contributed by atoms with van der Waals surface area (Å²) in [5.41, 5.74) is 2.28. The zero-order valence-corrected chi connectivity index (χ0v) is 25.6. The maximum atomic E-state index is 14.1. The van der Waals surface area contributed by atoms with Crippen molar-refractivity contribution in [2.24, 2.45) is 0 Å². The highest BCUT2D eigenvalue weighted by Gasteiger charge is 2.34. The number of carbonyl (C=O) groups excluding carboxylic acids is 2. The van der Waals surface area contributed by atoms with Crippen molar-refractivity contribution in [1.29, 1.82) is 0 Å². The lowest BCUT2D eigenvalue weighted by Crippen LogP contribution is -2.56. The number of sulfonamides is 1. The molecule has 0 fully saturated rings. The van der Waals surface area contributed by atoms with Crippen LogP contribution >= 0.6 is 23.2 Å². The van der Waals surface area contributed by atoms with Crippen LogP contribution in [0.15, 0.2) is 72.8 Å². The molecule has 10 heteroatoms. The summed E-state index contributed by atoms with van der Waals surface area (Å²) in [6, 6.07) is 20.5. The second-order valence-corrected chi connectivity index (χ2v) is 13.6. The molecule has 1 atom stereocenters. The van der Waals surface area contributed by atoms with Crippen molar-refractivity contribution in [3.63, 3.8) is 0 Å². The molecule has 214 valence electrons. The smallest absolute Gasteiger partial charge is 0.244 e. The molecule has 3 rings (SSSR count). The van der Waals surface area contributed by atoms with Crippen LogP contribution in [-0.2, 0) is 32.6 Å². The molecule has 0 aliphatic rings. The van der Waals surface area contributed by atoms with E-state index in [9.17, 15) is 18.0 Å². The minimum atomic E-state index is -3.94. The summed E-state index contributed by atoms with van der Waals surface area (Å²) in [6.07, 6.45) is 1.24. The molecule has 0 saturated carbocycles. The fourth-order valence-electron chi connectivity index (χ4n) is 4.18. The van der Waals surface area contributed by atoms with Crippen molar-refractivity contribution in [3.8, 4) is 0 Å². The highest BCUT2D eigenvalue weighted by molar-refractivity contribution is 7.92. The number of benzene rings is 3. The van der Waals surface area contributed by atoms with Gasteiger partial charge in [0.1, 0.15) is 12.6 Å². The molecule has 0 spiro atoms. The van der Waals surface area contributed by atoms with E-state index in [1.165, 1.54) is 23.1 Å². The Balaban J connectivity index is 2.09. The minimum Gasteiger partial charge on any atom is -0.350 e. The quantitative estimate of drug-likeness (QED) is 0.326. The van der Waals surface area contributed by atoms with Gasteiger partial charge in [0.25, 0.3) is 0 Å². The predicted octanol–water partition coefficient (Wildman–Crippen LogP) is 5.62. The number of nitrogens with one attached hydrogen (secondary N) is 1. The normalized spacial score (nSPS) is 12.5. The van der Waals surface area contributed by atoms with Gasteiger partial charge in [0, 0.05) is 23.5 Å². The zero-order valence-electron chi connectivity index (χ0n) is 23.3. The van der Waals surface area contributed by atoms with Crippen LogP contribution in [0.1, 0.15) is 37.5 Å². The Kier molecular flexibility index (Phi) is 10.3. The van der Waals surface area contributed by atoms with Gasteiger partial charge in [-0.3, -0.25) is 13.9 Å². The molecule has 0 radical (unpaired) electrons. The number of hydrogen-bond donors (Lipinski definition) is 1. The number of halogens is 2. The predicted molar refractivity (Wildman–Crippen MR) is 162 cm³/mol. The Morgan fingerprint density at radius 1 is 0.925 bits per heavy atom. The third-order valence-corrected chi connectivity index (χ3v) is 7.76. The van der Waals surface area contributed by atoms with E-state index in [4.69, 9.17) is 23.2 Å². The first-order valence-electron chi connectivity index (χ1n) is 12.8. The molecule has 3 aromatic carbocycles. The van der Waals surface area contributed by atoms with E-state index < -0.39 is 34.1 Å². The minimum absolute atomic E-state index is 0.0853. The van der Waals surface area contributed by atoms with Crippen molar-refractivity contribution in [2.45, 2.75) is 52.2 Å². The third kappa shape index (κ3) is 8.98. The van der Waals surface area contributed by atoms with E-state index in [-0.39, 0.29) is 29.6 Å². The maximum Gasteiger partial charge on any atom is 0.244 e. The Hall–Kier alpha value is -3.07. The second kappa shape index (κ2) is 13.1. The largest absolute Gasteiger partial charge is 0.350 e. The van der Waals surface area contributed by atoms with Gasteiger partial charge in [0.2, 0.25) is 21.8 Å². The van der Waals surface area contributed by atoms with Gasteiger partial charge in [0.15, 0.2) is 0 Å². The lowest BCUT2D eigenvalue weighted by atomic mass is 10.0. The molecular formula is C30H35Cl2N3O4S. The third-order valence-electron chi connectivity index (χ3n) is 6.10. The molecule has 0 saturated heterocycles. The lowest BCUT2D eigenvalue weighted by molar-refractivity contribution is -0.140. The summed E-state index contributed by atoms with van der Waals surface area (Å²) < 4.78 is 26.7. The van der Waals surface area contributed by atoms with E-state index in [1.807, 2.05) is 82.3 Å². The average molecular weight is 605 g/mol.